The van der Waals surface area contributed by atoms with Crippen molar-refractivity contribution in [1.29, 1.82) is 0 Å². The molecule has 0 aliphatic rings. The molecule has 3 nitrogen and oxygen atoms in total. The fourth-order valence-electron chi connectivity index (χ4n) is 1.90. The average Bonchev–Trinajstić information content (AvgIpc) is 2.39. The lowest BCUT2D eigenvalue weighted by Crippen LogP contribution is -2.15. The Bertz CT molecular complexity index is 547. The molecule has 0 N–H and O–H groups in total. The predicted octanol–water partition coefficient (Wildman–Crippen LogP) is 3.45. The summed E-state index contributed by atoms with van der Waals surface area (Å²) >= 11 is 0. The predicted molar refractivity (Wildman–Crippen MR) is 64.7 cm³/mol. The van der Waals surface area contributed by atoms with Gasteiger partial charge in [-0.1, -0.05) is 20.8 Å². The van der Waals surface area contributed by atoms with Crippen molar-refractivity contribution >= 4 is 11.1 Å². The Kier molecular flexibility index (Phi) is 2.30. The van der Waals surface area contributed by atoms with Gasteiger partial charge in [-0.15, -0.1) is 0 Å². The summed E-state index contributed by atoms with van der Waals surface area (Å²) in [5.41, 5.74) is 2.95. The van der Waals surface area contributed by atoms with E-state index in [1.807, 2.05) is 13.8 Å². The van der Waals surface area contributed by atoms with Crippen LogP contribution in [-0.2, 0) is 5.41 Å². The molecule has 2 rings (SSSR count). The number of nitrogens with zero attached hydrogens (tertiary/aromatic N) is 2. The molecule has 0 atom stereocenters. The minimum atomic E-state index is 0.00697. The first-order valence-corrected chi connectivity index (χ1v) is 5.55. The summed E-state index contributed by atoms with van der Waals surface area (Å²) in [7, 11) is 0. The van der Waals surface area contributed by atoms with E-state index in [2.05, 4.69) is 37.7 Å². The number of rotatable bonds is 0. The Morgan fingerprint density at radius 2 is 1.62 bits per heavy atom. The summed E-state index contributed by atoms with van der Waals surface area (Å²) in [6, 6.07) is 0. The minimum absolute atomic E-state index is 0.00697. The smallest absolute Gasteiger partial charge is 0.230 e. The van der Waals surface area contributed by atoms with Crippen molar-refractivity contribution in [2.24, 2.45) is 0 Å². The minimum Gasteiger partial charge on any atom is -0.443 e. The Balaban J connectivity index is 2.91. The Morgan fingerprint density at radius 3 is 2.19 bits per heavy atom. The molecule has 0 spiro atoms. The van der Waals surface area contributed by atoms with Gasteiger partial charge in [-0.3, -0.25) is 0 Å². The van der Waals surface area contributed by atoms with Gasteiger partial charge in [0.1, 0.15) is 11.6 Å². The lowest BCUT2D eigenvalue weighted by Gasteiger charge is -2.19. The highest BCUT2D eigenvalue weighted by molar-refractivity contribution is 5.82. The third kappa shape index (κ3) is 1.60. The maximum Gasteiger partial charge on any atom is 0.230 e. The van der Waals surface area contributed by atoms with Crippen LogP contribution < -0.4 is 0 Å². The van der Waals surface area contributed by atoms with E-state index in [-0.39, 0.29) is 5.41 Å². The number of fused-ring (bicyclic) bond motifs is 1. The molecule has 0 unspecified atom stereocenters. The zero-order chi connectivity index (χ0) is 12.1. The molecule has 3 heteroatoms. The highest BCUT2D eigenvalue weighted by Crippen LogP contribution is 2.32. The molecule has 0 saturated heterocycles. The zero-order valence-electron chi connectivity index (χ0n) is 10.8. The second kappa shape index (κ2) is 3.30. The molecule has 0 amide bonds. The number of aryl methyl sites for hydroxylation is 3. The zero-order valence-corrected chi connectivity index (χ0v) is 10.8. The Labute approximate surface area is 95.9 Å². The highest BCUT2D eigenvalue weighted by Gasteiger charge is 2.23. The third-order valence-corrected chi connectivity index (χ3v) is 2.85. The lowest BCUT2D eigenvalue weighted by molar-refractivity contribution is 0.552. The van der Waals surface area contributed by atoms with Gasteiger partial charge in [0.25, 0.3) is 0 Å². The van der Waals surface area contributed by atoms with Gasteiger partial charge in [-0.25, -0.2) is 4.98 Å². The van der Waals surface area contributed by atoms with E-state index in [9.17, 15) is 0 Å². The van der Waals surface area contributed by atoms with Crippen LogP contribution in [0.25, 0.3) is 11.1 Å². The number of hydrogen-bond donors (Lipinski definition) is 0. The first-order valence-electron chi connectivity index (χ1n) is 5.55. The van der Waals surface area contributed by atoms with Gasteiger partial charge in [0, 0.05) is 11.0 Å². The van der Waals surface area contributed by atoms with Crippen LogP contribution in [0.1, 0.15) is 43.6 Å². The van der Waals surface area contributed by atoms with E-state index in [0.29, 0.717) is 5.71 Å². The first-order chi connectivity index (χ1) is 7.30. The van der Waals surface area contributed by atoms with Crippen LogP contribution in [0.15, 0.2) is 4.42 Å². The van der Waals surface area contributed by atoms with E-state index in [1.165, 1.54) is 0 Å². The summed E-state index contributed by atoms with van der Waals surface area (Å²) < 4.78 is 5.66. The maximum absolute atomic E-state index is 5.66. The summed E-state index contributed by atoms with van der Waals surface area (Å²) in [5, 5.41) is 1.08. The highest BCUT2D eigenvalue weighted by atomic mass is 16.3. The van der Waals surface area contributed by atoms with Crippen molar-refractivity contribution in [2.45, 2.75) is 47.0 Å². The van der Waals surface area contributed by atoms with E-state index in [0.717, 1.165) is 28.2 Å². The molecule has 0 aliphatic heterocycles. The van der Waals surface area contributed by atoms with Crippen LogP contribution in [0.4, 0.5) is 0 Å². The van der Waals surface area contributed by atoms with E-state index in [1.54, 1.807) is 0 Å². The van der Waals surface area contributed by atoms with Crippen LogP contribution in [0.5, 0.6) is 0 Å². The lowest BCUT2D eigenvalue weighted by atomic mass is 9.89. The SMILES string of the molecule is Cc1nc(C(C)(C)C)c2c(C)c(C)oc2n1. The van der Waals surface area contributed by atoms with Crippen LogP contribution >= 0.6 is 0 Å². The van der Waals surface area contributed by atoms with E-state index >= 15 is 0 Å². The van der Waals surface area contributed by atoms with Crippen molar-refractivity contribution < 1.29 is 4.42 Å². The third-order valence-electron chi connectivity index (χ3n) is 2.85. The maximum atomic E-state index is 5.66. The van der Waals surface area contributed by atoms with Crippen molar-refractivity contribution in [1.82, 2.24) is 9.97 Å². The van der Waals surface area contributed by atoms with Crippen LogP contribution in [-0.4, -0.2) is 9.97 Å². The molecule has 86 valence electrons. The van der Waals surface area contributed by atoms with Gasteiger partial charge in [-0.05, 0) is 20.8 Å². The topological polar surface area (TPSA) is 38.9 Å². The Hall–Kier alpha value is -1.38. The van der Waals surface area contributed by atoms with Crippen molar-refractivity contribution in [2.75, 3.05) is 0 Å². The number of furan rings is 1. The van der Waals surface area contributed by atoms with Crippen molar-refractivity contribution in [3.8, 4) is 0 Å². The van der Waals surface area contributed by atoms with Crippen LogP contribution in [0.2, 0.25) is 0 Å². The van der Waals surface area contributed by atoms with E-state index < -0.39 is 0 Å². The van der Waals surface area contributed by atoms with Crippen LogP contribution in [0.3, 0.4) is 0 Å². The molecule has 0 saturated carbocycles. The van der Waals surface area contributed by atoms with Gasteiger partial charge < -0.3 is 4.42 Å². The number of hydrogen-bond acceptors (Lipinski definition) is 3. The molecule has 0 aromatic carbocycles. The Morgan fingerprint density at radius 1 is 1.00 bits per heavy atom. The number of aromatic nitrogens is 2. The largest absolute Gasteiger partial charge is 0.443 e. The van der Waals surface area contributed by atoms with Crippen molar-refractivity contribution in [3.63, 3.8) is 0 Å². The quantitative estimate of drug-likeness (QED) is 0.680. The first kappa shape index (κ1) is 11.1. The van der Waals surface area contributed by atoms with Gasteiger partial charge in [0.15, 0.2) is 0 Å². The van der Waals surface area contributed by atoms with Gasteiger partial charge in [-0.2, -0.15) is 4.98 Å². The normalized spacial score (nSPS) is 12.4. The second-order valence-electron chi connectivity index (χ2n) is 5.33. The van der Waals surface area contributed by atoms with Gasteiger partial charge in [0.05, 0.1) is 11.1 Å². The van der Waals surface area contributed by atoms with Gasteiger partial charge >= 0.3 is 0 Å². The molecule has 2 aromatic rings. The second-order valence-corrected chi connectivity index (χ2v) is 5.33. The molecule has 0 aliphatic carbocycles. The summed E-state index contributed by atoms with van der Waals surface area (Å²) in [6.45, 7) is 12.4. The molecule has 2 heterocycles. The monoisotopic (exact) mass is 218 g/mol. The van der Waals surface area contributed by atoms with Gasteiger partial charge in [0.2, 0.25) is 5.71 Å². The molecule has 0 radical (unpaired) electrons. The molecular weight excluding hydrogens is 200 g/mol. The average molecular weight is 218 g/mol. The fraction of sp³-hybridized carbons (Fsp3) is 0.538. The molecule has 0 fully saturated rings. The molecule has 0 bridgehead atoms. The fourth-order valence-corrected chi connectivity index (χ4v) is 1.90. The van der Waals surface area contributed by atoms with Crippen molar-refractivity contribution in [3.05, 3.63) is 22.8 Å². The molecule has 16 heavy (non-hydrogen) atoms. The molecule has 2 aromatic heterocycles. The standard InChI is InChI=1S/C13H18N2O/c1-7-8(2)16-12-10(7)11(13(4,5)6)14-9(3)15-12/h1-6H3. The summed E-state index contributed by atoms with van der Waals surface area (Å²) in [5.74, 6) is 1.70. The summed E-state index contributed by atoms with van der Waals surface area (Å²) in [4.78, 5) is 8.93. The molecular formula is C13H18N2O. The van der Waals surface area contributed by atoms with E-state index in [4.69, 9.17) is 4.42 Å². The summed E-state index contributed by atoms with van der Waals surface area (Å²) in [6.07, 6.45) is 0. The van der Waals surface area contributed by atoms with Crippen LogP contribution in [0, 0.1) is 20.8 Å².